The van der Waals surface area contributed by atoms with E-state index in [1.807, 2.05) is 19.9 Å². The first-order chi connectivity index (χ1) is 8.10. The van der Waals surface area contributed by atoms with Gasteiger partial charge in [0, 0.05) is 0 Å². The predicted octanol–water partition coefficient (Wildman–Crippen LogP) is 4.32. The Morgan fingerprint density at radius 3 is 2.24 bits per heavy atom. The molecule has 0 radical (unpaired) electrons. The van der Waals surface area contributed by atoms with E-state index in [0.29, 0.717) is 0 Å². The van der Waals surface area contributed by atoms with Crippen LogP contribution < -0.4 is 0 Å². The van der Waals surface area contributed by atoms with E-state index in [0.717, 1.165) is 11.1 Å². The van der Waals surface area contributed by atoms with Crippen molar-refractivity contribution in [1.82, 2.24) is 0 Å². The lowest BCUT2D eigenvalue weighted by Crippen LogP contribution is -1.97. The van der Waals surface area contributed by atoms with Crippen molar-refractivity contribution in [2.45, 2.75) is 32.9 Å². The second-order valence-corrected chi connectivity index (χ2v) is 4.27. The van der Waals surface area contributed by atoms with Crippen LogP contribution in [0.3, 0.4) is 0 Å². The molecule has 0 saturated carbocycles. The number of rotatable bonds is 4. The summed E-state index contributed by atoms with van der Waals surface area (Å²) in [5, 5.41) is 4.83. The van der Waals surface area contributed by atoms with Gasteiger partial charge in [0.25, 0.3) is 0 Å². The van der Waals surface area contributed by atoms with E-state index in [9.17, 15) is 0 Å². The Labute approximate surface area is 112 Å². The molecule has 0 fully saturated rings. The third kappa shape index (κ3) is 3.65. The van der Waals surface area contributed by atoms with Crippen molar-refractivity contribution >= 4 is 34.8 Å². The van der Waals surface area contributed by atoms with E-state index in [-0.39, 0.29) is 12.1 Å². The first kappa shape index (κ1) is 13.9. The number of isothiocyanates is 2. The molecule has 0 bridgehead atoms. The Morgan fingerprint density at radius 2 is 1.65 bits per heavy atom. The molecule has 4 heteroatoms. The van der Waals surface area contributed by atoms with Crippen molar-refractivity contribution < 1.29 is 0 Å². The number of benzene rings is 1. The molecule has 2 unspecified atom stereocenters. The molecule has 1 aromatic rings. The zero-order valence-corrected chi connectivity index (χ0v) is 11.7. The van der Waals surface area contributed by atoms with Crippen molar-refractivity contribution in [3.05, 3.63) is 34.9 Å². The number of nitrogens with zero attached hydrogens (tertiary/aromatic N) is 2. The van der Waals surface area contributed by atoms with Gasteiger partial charge in [0.15, 0.2) is 0 Å². The summed E-state index contributed by atoms with van der Waals surface area (Å²) in [4.78, 5) is 8.17. The van der Waals surface area contributed by atoms with Gasteiger partial charge in [-0.3, -0.25) is 0 Å². The number of aryl methyl sites for hydroxylation is 1. The highest BCUT2D eigenvalue weighted by atomic mass is 32.1. The molecule has 2 nitrogen and oxygen atoms in total. The van der Waals surface area contributed by atoms with Crippen LogP contribution in [0.2, 0.25) is 0 Å². The molecular formula is C13H14N2S2. The fourth-order valence-electron chi connectivity index (χ4n) is 1.67. The maximum Gasteiger partial charge on any atom is 0.0826 e. The number of thiocarbonyl (C=S) groups is 2. The van der Waals surface area contributed by atoms with Gasteiger partial charge in [-0.15, -0.1) is 0 Å². The van der Waals surface area contributed by atoms with Gasteiger partial charge in [-0.1, -0.05) is 18.2 Å². The van der Waals surface area contributed by atoms with Crippen LogP contribution in [0.5, 0.6) is 0 Å². The molecule has 0 aliphatic heterocycles. The standard InChI is InChI=1S/C13H14N2S2/c1-9-4-5-12(10(2)14-7-16)6-13(9)11(3)15-8-17/h4-6,10-11H,1-3H3. The van der Waals surface area contributed by atoms with Crippen LogP contribution in [-0.2, 0) is 0 Å². The minimum absolute atomic E-state index is 0.0236. The Morgan fingerprint density at radius 1 is 1.06 bits per heavy atom. The Kier molecular flexibility index (Phi) is 5.33. The molecule has 0 aliphatic carbocycles. The van der Waals surface area contributed by atoms with E-state index in [1.54, 1.807) is 0 Å². The lowest BCUT2D eigenvalue weighted by molar-refractivity contribution is 0.792. The highest BCUT2D eigenvalue weighted by Gasteiger charge is 2.10. The Bertz CT molecular complexity index is 498. The molecule has 0 N–H and O–H groups in total. The van der Waals surface area contributed by atoms with Crippen LogP contribution >= 0.6 is 24.4 Å². The summed E-state index contributed by atoms with van der Waals surface area (Å²) in [5.41, 5.74) is 3.44. The minimum Gasteiger partial charge on any atom is -0.225 e. The summed E-state index contributed by atoms with van der Waals surface area (Å²) in [7, 11) is 0. The number of hydrogen-bond acceptors (Lipinski definition) is 4. The molecule has 0 heterocycles. The maximum atomic E-state index is 4.64. The molecule has 0 spiro atoms. The van der Waals surface area contributed by atoms with Crippen LogP contribution in [0.25, 0.3) is 0 Å². The van der Waals surface area contributed by atoms with Gasteiger partial charge >= 0.3 is 0 Å². The predicted molar refractivity (Wildman–Crippen MR) is 78.1 cm³/mol. The van der Waals surface area contributed by atoms with Gasteiger partial charge in [0.2, 0.25) is 0 Å². The fraction of sp³-hybridized carbons (Fsp3) is 0.385. The fourth-order valence-corrected chi connectivity index (χ4v) is 1.99. The smallest absolute Gasteiger partial charge is 0.0826 e. The van der Waals surface area contributed by atoms with Crippen molar-refractivity contribution in [3.8, 4) is 0 Å². The van der Waals surface area contributed by atoms with Crippen molar-refractivity contribution in [3.63, 3.8) is 0 Å². The van der Waals surface area contributed by atoms with Crippen LogP contribution in [0.1, 0.15) is 42.6 Å². The molecule has 17 heavy (non-hydrogen) atoms. The quantitative estimate of drug-likeness (QED) is 0.596. The molecule has 0 saturated heterocycles. The molecule has 2 atom stereocenters. The lowest BCUT2D eigenvalue weighted by atomic mass is 9.97. The summed E-state index contributed by atoms with van der Waals surface area (Å²) in [6, 6.07) is 6.26. The Hall–Kier alpha value is -1.18. The molecule has 1 aromatic carbocycles. The van der Waals surface area contributed by atoms with Gasteiger partial charge in [0.05, 0.1) is 22.4 Å². The lowest BCUT2D eigenvalue weighted by Gasteiger charge is -2.13. The summed E-state index contributed by atoms with van der Waals surface area (Å²) < 4.78 is 0. The third-order valence-electron chi connectivity index (χ3n) is 2.73. The minimum atomic E-state index is 0.0236. The first-order valence-corrected chi connectivity index (χ1v) is 6.16. The molecule has 88 valence electrons. The van der Waals surface area contributed by atoms with Gasteiger partial charge in [-0.25, -0.2) is 9.98 Å². The SMILES string of the molecule is Cc1ccc(C(C)N=C=S)cc1C(C)N=C=S. The average Bonchev–Trinajstić information content (AvgIpc) is 2.30. The zero-order valence-electron chi connectivity index (χ0n) is 10.1. The van der Waals surface area contributed by atoms with Gasteiger partial charge < -0.3 is 0 Å². The van der Waals surface area contributed by atoms with Crippen LogP contribution in [0.15, 0.2) is 28.2 Å². The van der Waals surface area contributed by atoms with Gasteiger partial charge in [0.1, 0.15) is 0 Å². The summed E-state index contributed by atoms with van der Waals surface area (Å²) in [6.45, 7) is 6.04. The molecule has 0 amide bonds. The summed E-state index contributed by atoms with van der Waals surface area (Å²) in [5.74, 6) is 0. The van der Waals surface area contributed by atoms with E-state index in [1.165, 1.54) is 5.56 Å². The summed E-state index contributed by atoms with van der Waals surface area (Å²) >= 11 is 9.26. The zero-order chi connectivity index (χ0) is 12.8. The first-order valence-electron chi connectivity index (χ1n) is 5.34. The van der Waals surface area contributed by atoms with Crippen LogP contribution in [0.4, 0.5) is 0 Å². The number of hydrogen-bond donors (Lipinski definition) is 0. The van der Waals surface area contributed by atoms with Crippen LogP contribution in [-0.4, -0.2) is 10.3 Å². The molecular weight excluding hydrogens is 248 g/mol. The third-order valence-corrected chi connectivity index (χ3v) is 2.94. The highest BCUT2D eigenvalue weighted by molar-refractivity contribution is 7.78. The summed E-state index contributed by atoms with van der Waals surface area (Å²) in [6.07, 6.45) is 0. The van der Waals surface area contributed by atoms with E-state index < -0.39 is 0 Å². The number of aliphatic imine (C=N–C) groups is 2. The van der Waals surface area contributed by atoms with E-state index in [4.69, 9.17) is 0 Å². The highest BCUT2D eigenvalue weighted by Crippen LogP contribution is 2.25. The largest absolute Gasteiger partial charge is 0.225 e. The molecule has 0 aliphatic rings. The van der Waals surface area contributed by atoms with Crippen molar-refractivity contribution in [2.24, 2.45) is 9.98 Å². The maximum absolute atomic E-state index is 4.64. The second kappa shape index (κ2) is 6.53. The molecule has 1 rings (SSSR count). The van der Waals surface area contributed by atoms with Gasteiger partial charge in [-0.2, -0.15) is 0 Å². The van der Waals surface area contributed by atoms with E-state index in [2.05, 4.69) is 63.8 Å². The van der Waals surface area contributed by atoms with Gasteiger partial charge in [-0.05, 0) is 61.9 Å². The monoisotopic (exact) mass is 262 g/mol. The average molecular weight is 262 g/mol. The normalized spacial score (nSPS) is 13.1. The van der Waals surface area contributed by atoms with Crippen LogP contribution in [0, 0.1) is 6.92 Å². The molecule has 0 aromatic heterocycles. The van der Waals surface area contributed by atoms with E-state index >= 15 is 0 Å². The second-order valence-electron chi connectivity index (χ2n) is 3.91. The topological polar surface area (TPSA) is 24.7 Å². The van der Waals surface area contributed by atoms with Crippen molar-refractivity contribution in [1.29, 1.82) is 0 Å². The van der Waals surface area contributed by atoms with Crippen molar-refractivity contribution in [2.75, 3.05) is 0 Å². The Balaban J connectivity index is 3.18.